The Morgan fingerprint density at radius 1 is 1.45 bits per heavy atom. The fourth-order valence-corrected chi connectivity index (χ4v) is 2.67. The van der Waals surface area contributed by atoms with Crippen molar-refractivity contribution < 1.29 is 9.66 Å². The van der Waals surface area contributed by atoms with Crippen LogP contribution in [-0.2, 0) is 4.74 Å². The van der Waals surface area contributed by atoms with Crippen LogP contribution >= 0.6 is 0 Å². The number of hydrogen-bond donors (Lipinski definition) is 0. The number of hydrogen-bond acceptors (Lipinski definition) is 4. The Hall–Kier alpha value is -2.27. The van der Waals surface area contributed by atoms with E-state index in [9.17, 15) is 10.1 Å². The second-order valence-corrected chi connectivity index (χ2v) is 4.78. The lowest BCUT2D eigenvalue weighted by molar-refractivity contribution is -0.385. The van der Waals surface area contributed by atoms with Gasteiger partial charge >= 0.3 is 0 Å². The van der Waals surface area contributed by atoms with Crippen LogP contribution in [0.4, 0.5) is 11.4 Å². The van der Waals surface area contributed by atoms with Gasteiger partial charge in [-0.25, -0.2) is 0 Å². The predicted octanol–water partition coefficient (Wildman–Crippen LogP) is 3.29. The standard InChI is InChI=1S/C15H14N2O3/c1-20-9-8-10-4-2-5-11-14-12(16-15(10)11)6-3-7-13(14)17(18)19/h2-7,10H,8-9H2,1H3. The summed E-state index contributed by atoms with van der Waals surface area (Å²) in [5.41, 5.74) is 3.23. The average Bonchev–Trinajstić information content (AvgIpc) is 2.84. The highest BCUT2D eigenvalue weighted by Crippen LogP contribution is 2.44. The smallest absolute Gasteiger partial charge is 0.279 e. The molecule has 1 aliphatic heterocycles. The summed E-state index contributed by atoms with van der Waals surface area (Å²) < 4.78 is 5.12. The van der Waals surface area contributed by atoms with Gasteiger partial charge in [0.15, 0.2) is 0 Å². The van der Waals surface area contributed by atoms with Crippen LogP contribution in [0.2, 0.25) is 0 Å². The molecule has 0 spiro atoms. The number of methoxy groups -OCH3 is 1. The van der Waals surface area contributed by atoms with Crippen LogP contribution in [-0.4, -0.2) is 24.4 Å². The van der Waals surface area contributed by atoms with Crippen molar-refractivity contribution >= 4 is 22.7 Å². The van der Waals surface area contributed by atoms with Gasteiger partial charge in [-0.2, -0.15) is 0 Å². The monoisotopic (exact) mass is 270 g/mol. The highest BCUT2D eigenvalue weighted by Gasteiger charge is 2.32. The Balaban J connectivity index is 2.04. The molecule has 1 aromatic rings. The molecule has 5 nitrogen and oxygen atoms in total. The van der Waals surface area contributed by atoms with E-state index in [4.69, 9.17) is 4.74 Å². The van der Waals surface area contributed by atoms with Gasteiger partial charge in [-0.1, -0.05) is 24.3 Å². The van der Waals surface area contributed by atoms with Crippen molar-refractivity contribution in [3.63, 3.8) is 0 Å². The molecule has 20 heavy (non-hydrogen) atoms. The minimum atomic E-state index is -0.347. The fraction of sp³-hybridized carbons (Fsp3) is 0.267. The summed E-state index contributed by atoms with van der Waals surface area (Å²) in [4.78, 5) is 15.4. The van der Waals surface area contributed by atoms with Crippen LogP contribution in [0, 0.1) is 16.0 Å². The van der Waals surface area contributed by atoms with Gasteiger partial charge in [-0.3, -0.25) is 15.1 Å². The van der Waals surface area contributed by atoms with Crippen LogP contribution < -0.4 is 0 Å². The number of nitro groups is 1. The second-order valence-electron chi connectivity index (χ2n) is 4.78. The topological polar surface area (TPSA) is 64.7 Å². The van der Waals surface area contributed by atoms with Crippen LogP contribution in [0.15, 0.2) is 41.4 Å². The third-order valence-electron chi connectivity index (χ3n) is 3.59. The molecular weight excluding hydrogens is 256 g/mol. The molecule has 5 heteroatoms. The highest BCUT2D eigenvalue weighted by atomic mass is 16.6. The number of nitro benzene ring substituents is 1. The molecule has 1 unspecified atom stereocenters. The molecule has 0 saturated heterocycles. The minimum absolute atomic E-state index is 0.119. The zero-order valence-corrected chi connectivity index (χ0v) is 11.1. The number of benzene rings is 1. The van der Waals surface area contributed by atoms with Crippen LogP contribution in [0.3, 0.4) is 0 Å². The lowest BCUT2D eigenvalue weighted by atomic mass is 9.87. The molecule has 0 bridgehead atoms. The molecule has 1 heterocycles. The van der Waals surface area contributed by atoms with Crippen LogP contribution in [0.5, 0.6) is 0 Å². The Bertz CT molecular complexity index is 659. The maximum Gasteiger partial charge on any atom is 0.279 e. The van der Waals surface area contributed by atoms with E-state index in [1.54, 1.807) is 13.2 Å². The molecule has 0 saturated carbocycles. The van der Waals surface area contributed by atoms with Gasteiger partial charge in [-0.15, -0.1) is 0 Å². The number of aliphatic imine (C=N–C) groups is 1. The molecule has 0 amide bonds. The summed E-state index contributed by atoms with van der Waals surface area (Å²) in [5, 5.41) is 11.2. The van der Waals surface area contributed by atoms with Gasteiger partial charge in [0.2, 0.25) is 0 Å². The van der Waals surface area contributed by atoms with Gasteiger partial charge < -0.3 is 4.74 Å². The van der Waals surface area contributed by atoms with E-state index < -0.39 is 0 Å². The first-order valence-corrected chi connectivity index (χ1v) is 6.46. The van der Waals surface area contributed by atoms with E-state index in [2.05, 4.69) is 11.1 Å². The summed E-state index contributed by atoms with van der Waals surface area (Å²) in [6.07, 6.45) is 6.74. The number of fused-ring (bicyclic) bond motifs is 3. The van der Waals surface area contributed by atoms with Gasteiger partial charge in [0.1, 0.15) is 0 Å². The third kappa shape index (κ3) is 1.96. The molecule has 1 atom stereocenters. The molecule has 0 fully saturated rings. The molecule has 102 valence electrons. The molecule has 1 aliphatic carbocycles. The normalized spacial score (nSPS) is 19.1. The fourth-order valence-electron chi connectivity index (χ4n) is 2.67. The molecule has 0 radical (unpaired) electrons. The lowest BCUT2D eigenvalue weighted by Gasteiger charge is -2.17. The van der Waals surface area contributed by atoms with Gasteiger partial charge in [0, 0.05) is 31.3 Å². The van der Waals surface area contributed by atoms with Crippen molar-refractivity contribution in [2.24, 2.45) is 10.9 Å². The maximum atomic E-state index is 11.2. The second kappa shape index (κ2) is 5.02. The van der Waals surface area contributed by atoms with E-state index in [1.807, 2.05) is 18.2 Å². The molecule has 3 rings (SSSR count). The van der Waals surface area contributed by atoms with Crippen LogP contribution in [0.25, 0.3) is 5.57 Å². The Morgan fingerprint density at radius 3 is 3.05 bits per heavy atom. The van der Waals surface area contributed by atoms with E-state index >= 15 is 0 Å². The summed E-state index contributed by atoms with van der Waals surface area (Å²) in [6, 6.07) is 5.03. The zero-order chi connectivity index (χ0) is 14.1. The van der Waals surface area contributed by atoms with Gasteiger partial charge in [0.05, 0.1) is 21.9 Å². The molecule has 0 aromatic heterocycles. The number of nitrogens with zero attached hydrogens (tertiary/aromatic N) is 2. The Morgan fingerprint density at radius 2 is 2.30 bits per heavy atom. The zero-order valence-electron chi connectivity index (χ0n) is 11.1. The van der Waals surface area contributed by atoms with Gasteiger partial charge in [-0.05, 0) is 12.5 Å². The lowest BCUT2D eigenvalue weighted by Crippen LogP contribution is -2.16. The minimum Gasteiger partial charge on any atom is -0.385 e. The number of ether oxygens (including phenoxy) is 1. The molecular formula is C15H14N2O3. The first-order chi connectivity index (χ1) is 9.72. The van der Waals surface area contributed by atoms with E-state index in [-0.39, 0.29) is 16.5 Å². The largest absolute Gasteiger partial charge is 0.385 e. The number of allylic oxidation sites excluding steroid dienone is 4. The molecule has 0 N–H and O–H groups in total. The van der Waals surface area contributed by atoms with Crippen molar-refractivity contribution in [3.05, 3.63) is 52.1 Å². The first kappa shape index (κ1) is 12.7. The quantitative estimate of drug-likeness (QED) is 0.623. The van der Waals surface area contributed by atoms with Crippen molar-refractivity contribution in [2.45, 2.75) is 6.42 Å². The van der Waals surface area contributed by atoms with Crippen molar-refractivity contribution in [3.8, 4) is 0 Å². The van der Waals surface area contributed by atoms with Gasteiger partial charge in [0.25, 0.3) is 5.69 Å². The predicted molar refractivity (Wildman–Crippen MR) is 77.3 cm³/mol. The van der Waals surface area contributed by atoms with Crippen LogP contribution in [0.1, 0.15) is 12.0 Å². The SMILES string of the molecule is COCCC1C=CC=C2C1=Nc1cccc([N+](=O)[O-])c12. The average molecular weight is 270 g/mol. The summed E-state index contributed by atoms with van der Waals surface area (Å²) in [7, 11) is 1.67. The highest BCUT2D eigenvalue weighted by molar-refractivity contribution is 6.32. The van der Waals surface area contributed by atoms with Crippen molar-refractivity contribution in [1.82, 2.24) is 0 Å². The maximum absolute atomic E-state index is 11.2. The van der Waals surface area contributed by atoms with E-state index in [1.165, 1.54) is 6.07 Å². The molecule has 1 aromatic carbocycles. The molecule has 2 aliphatic rings. The Kier molecular flexibility index (Phi) is 3.20. The first-order valence-electron chi connectivity index (χ1n) is 6.46. The summed E-state index contributed by atoms with van der Waals surface area (Å²) in [5.74, 6) is 0.155. The summed E-state index contributed by atoms with van der Waals surface area (Å²) in [6.45, 7) is 0.639. The Labute approximate surface area is 116 Å². The van der Waals surface area contributed by atoms with E-state index in [0.717, 1.165) is 17.7 Å². The van der Waals surface area contributed by atoms with E-state index in [0.29, 0.717) is 17.9 Å². The van der Waals surface area contributed by atoms with Crippen molar-refractivity contribution in [1.29, 1.82) is 0 Å². The third-order valence-corrected chi connectivity index (χ3v) is 3.59. The summed E-state index contributed by atoms with van der Waals surface area (Å²) >= 11 is 0. The number of rotatable bonds is 4. The van der Waals surface area contributed by atoms with Crippen molar-refractivity contribution in [2.75, 3.05) is 13.7 Å².